The minimum atomic E-state index is 0.132. The average Bonchev–Trinajstić information content (AvgIpc) is 3.01. The summed E-state index contributed by atoms with van der Waals surface area (Å²) in [7, 11) is 0. The zero-order valence-corrected chi connectivity index (χ0v) is 12.9. The lowest BCUT2D eigenvalue weighted by atomic mass is 10.3. The van der Waals surface area contributed by atoms with Gasteiger partial charge in [0.2, 0.25) is 0 Å². The van der Waals surface area contributed by atoms with Gasteiger partial charge in [0.15, 0.2) is 0 Å². The number of aromatic nitrogens is 1. The van der Waals surface area contributed by atoms with Crippen molar-refractivity contribution in [1.29, 1.82) is 0 Å². The van der Waals surface area contributed by atoms with Gasteiger partial charge >= 0.3 is 0 Å². The van der Waals surface area contributed by atoms with E-state index in [9.17, 15) is 4.79 Å². The smallest absolute Gasteiger partial charge is 0.265 e. The molecular formula is C14H23N3OS. The molecule has 0 aliphatic carbocycles. The molecule has 2 heterocycles. The normalized spacial score (nSPS) is 15.9. The maximum Gasteiger partial charge on any atom is 0.265 e. The standard InChI is InChI=1S/C14H23N3OS/c1-4-17(5-2)14(18)13-11(3)15-12(19-13)10-16-8-6-7-9-16/h4-10H2,1-3H3. The van der Waals surface area contributed by atoms with Gasteiger partial charge in [0.1, 0.15) is 9.88 Å². The molecule has 0 radical (unpaired) electrons. The summed E-state index contributed by atoms with van der Waals surface area (Å²) in [5, 5.41) is 1.08. The Morgan fingerprint density at radius 2 is 1.95 bits per heavy atom. The average molecular weight is 281 g/mol. The Hall–Kier alpha value is -0.940. The highest BCUT2D eigenvalue weighted by molar-refractivity contribution is 7.13. The summed E-state index contributed by atoms with van der Waals surface area (Å²) >= 11 is 1.57. The van der Waals surface area contributed by atoms with Crippen LogP contribution in [0.25, 0.3) is 0 Å². The van der Waals surface area contributed by atoms with Crippen LogP contribution >= 0.6 is 11.3 Å². The molecule has 0 bridgehead atoms. The van der Waals surface area contributed by atoms with Crippen molar-refractivity contribution < 1.29 is 4.79 Å². The van der Waals surface area contributed by atoms with E-state index in [4.69, 9.17) is 0 Å². The molecule has 1 aliphatic rings. The summed E-state index contributed by atoms with van der Waals surface area (Å²) in [6.07, 6.45) is 2.57. The Morgan fingerprint density at radius 3 is 2.53 bits per heavy atom. The summed E-state index contributed by atoms with van der Waals surface area (Å²) in [5.41, 5.74) is 0.885. The maximum absolute atomic E-state index is 12.4. The van der Waals surface area contributed by atoms with Crippen molar-refractivity contribution in [3.8, 4) is 0 Å². The van der Waals surface area contributed by atoms with Gasteiger partial charge in [-0.1, -0.05) is 0 Å². The summed E-state index contributed by atoms with van der Waals surface area (Å²) < 4.78 is 0. The molecule has 5 heteroatoms. The molecule has 1 aromatic heterocycles. The molecule has 1 saturated heterocycles. The number of carbonyl (C=O) groups is 1. The Morgan fingerprint density at radius 1 is 1.32 bits per heavy atom. The Balaban J connectivity index is 2.09. The van der Waals surface area contributed by atoms with Crippen LogP contribution in [-0.4, -0.2) is 46.9 Å². The molecule has 1 aromatic rings. The molecule has 0 aromatic carbocycles. The Labute approximate surface area is 119 Å². The highest BCUT2D eigenvalue weighted by Crippen LogP contribution is 2.22. The van der Waals surface area contributed by atoms with Crippen LogP contribution in [-0.2, 0) is 6.54 Å². The zero-order chi connectivity index (χ0) is 13.8. The van der Waals surface area contributed by atoms with Crippen molar-refractivity contribution >= 4 is 17.2 Å². The van der Waals surface area contributed by atoms with E-state index in [2.05, 4.69) is 9.88 Å². The summed E-state index contributed by atoms with van der Waals surface area (Å²) in [5.74, 6) is 0.132. The molecule has 0 spiro atoms. The van der Waals surface area contributed by atoms with E-state index in [1.807, 2.05) is 25.7 Å². The first kappa shape index (κ1) is 14.5. The molecule has 4 nitrogen and oxygen atoms in total. The zero-order valence-electron chi connectivity index (χ0n) is 12.1. The van der Waals surface area contributed by atoms with Gasteiger partial charge in [-0.05, 0) is 46.7 Å². The van der Waals surface area contributed by atoms with Crippen LogP contribution in [0.15, 0.2) is 0 Å². The van der Waals surface area contributed by atoms with Crippen molar-refractivity contribution in [3.63, 3.8) is 0 Å². The minimum Gasteiger partial charge on any atom is -0.338 e. The van der Waals surface area contributed by atoms with Gasteiger partial charge in [-0.3, -0.25) is 9.69 Å². The second-order valence-corrected chi connectivity index (χ2v) is 6.07. The van der Waals surface area contributed by atoms with E-state index in [0.29, 0.717) is 0 Å². The summed E-state index contributed by atoms with van der Waals surface area (Å²) in [4.78, 5) is 22.0. The molecule has 2 rings (SSSR count). The first-order chi connectivity index (χ1) is 9.15. The van der Waals surface area contributed by atoms with Crippen molar-refractivity contribution in [2.75, 3.05) is 26.2 Å². The predicted octanol–water partition coefficient (Wildman–Crippen LogP) is 2.53. The maximum atomic E-state index is 12.4. The second kappa shape index (κ2) is 6.48. The van der Waals surface area contributed by atoms with E-state index in [-0.39, 0.29) is 5.91 Å². The molecule has 1 fully saturated rings. The number of hydrogen-bond donors (Lipinski definition) is 0. The molecule has 1 amide bonds. The van der Waals surface area contributed by atoms with Crippen LogP contribution in [0.3, 0.4) is 0 Å². The third kappa shape index (κ3) is 3.34. The lowest BCUT2D eigenvalue weighted by Gasteiger charge is -2.17. The van der Waals surface area contributed by atoms with Crippen LogP contribution in [0, 0.1) is 6.92 Å². The highest BCUT2D eigenvalue weighted by Gasteiger charge is 2.21. The van der Waals surface area contributed by atoms with Crippen molar-refractivity contribution in [2.45, 2.75) is 40.2 Å². The second-order valence-electron chi connectivity index (χ2n) is 4.98. The third-order valence-electron chi connectivity index (χ3n) is 3.64. The number of nitrogens with zero attached hydrogens (tertiary/aromatic N) is 3. The molecule has 0 saturated carbocycles. The molecule has 19 heavy (non-hydrogen) atoms. The highest BCUT2D eigenvalue weighted by atomic mass is 32.1. The first-order valence-corrected chi connectivity index (χ1v) is 7.95. The largest absolute Gasteiger partial charge is 0.338 e. The van der Waals surface area contributed by atoms with Gasteiger partial charge in [-0.25, -0.2) is 4.98 Å². The van der Waals surface area contributed by atoms with E-state index in [1.165, 1.54) is 12.8 Å². The van der Waals surface area contributed by atoms with Gasteiger partial charge in [0.05, 0.1) is 12.2 Å². The quantitative estimate of drug-likeness (QED) is 0.832. The predicted molar refractivity (Wildman–Crippen MR) is 78.6 cm³/mol. The number of hydrogen-bond acceptors (Lipinski definition) is 4. The number of thiazole rings is 1. The molecule has 1 aliphatic heterocycles. The van der Waals surface area contributed by atoms with Crippen LogP contribution in [0.2, 0.25) is 0 Å². The summed E-state index contributed by atoms with van der Waals surface area (Å²) in [6, 6.07) is 0. The number of likely N-dealkylation sites (tertiary alicyclic amines) is 1. The van der Waals surface area contributed by atoms with Gasteiger partial charge in [0.25, 0.3) is 5.91 Å². The lowest BCUT2D eigenvalue weighted by Crippen LogP contribution is -2.30. The Kier molecular flexibility index (Phi) is 4.93. The number of aryl methyl sites for hydroxylation is 1. The number of carbonyl (C=O) groups excluding carboxylic acids is 1. The van der Waals surface area contributed by atoms with Crippen LogP contribution in [0.4, 0.5) is 0 Å². The van der Waals surface area contributed by atoms with Gasteiger partial charge in [-0.15, -0.1) is 11.3 Å². The molecule has 106 valence electrons. The fourth-order valence-electron chi connectivity index (χ4n) is 2.50. The van der Waals surface area contributed by atoms with Gasteiger partial charge in [-0.2, -0.15) is 0 Å². The van der Waals surface area contributed by atoms with Crippen molar-refractivity contribution in [2.24, 2.45) is 0 Å². The lowest BCUT2D eigenvalue weighted by molar-refractivity contribution is 0.0777. The minimum absolute atomic E-state index is 0.132. The fraction of sp³-hybridized carbons (Fsp3) is 0.714. The third-order valence-corrected chi connectivity index (χ3v) is 4.77. The van der Waals surface area contributed by atoms with E-state index in [1.54, 1.807) is 11.3 Å². The van der Waals surface area contributed by atoms with Crippen LogP contribution < -0.4 is 0 Å². The van der Waals surface area contributed by atoms with E-state index >= 15 is 0 Å². The van der Waals surface area contributed by atoms with E-state index in [0.717, 1.165) is 48.3 Å². The van der Waals surface area contributed by atoms with Crippen molar-refractivity contribution in [1.82, 2.24) is 14.8 Å². The number of amides is 1. The van der Waals surface area contributed by atoms with Crippen LogP contribution in [0.1, 0.15) is 47.1 Å². The van der Waals surface area contributed by atoms with Crippen LogP contribution in [0.5, 0.6) is 0 Å². The van der Waals surface area contributed by atoms with E-state index < -0.39 is 0 Å². The molecule has 0 N–H and O–H groups in total. The molecule has 0 atom stereocenters. The summed E-state index contributed by atoms with van der Waals surface area (Å²) in [6.45, 7) is 10.7. The molecule has 0 unspecified atom stereocenters. The number of rotatable bonds is 5. The topological polar surface area (TPSA) is 36.4 Å². The monoisotopic (exact) mass is 281 g/mol. The first-order valence-electron chi connectivity index (χ1n) is 7.13. The van der Waals surface area contributed by atoms with Gasteiger partial charge in [0, 0.05) is 13.1 Å². The Bertz CT molecular complexity index is 434. The molecular weight excluding hydrogens is 258 g/mol. The van der Waals surface area contributed by atoms with Gasteiger partial charge < -0.3 is 4.90 Å². The SMILES string of the molecule is CCN(CC)C(=O)c1sc(CN2CCCC2)nc1C. The van der Waals surface area contributed by atoms with Crippen molar-refractivity contribution in [3.05, 3.63) is 15.6 Å². The fourth-order valence-corrected chi connectivity index (χ4v) is 3.58.